The van der Waals surface area contributed by atoms with Crippen molar-refractivity contribution in [2.75, 3.05) is 7.11 Å². The second-order valence-corrected chi connectivity index (χ2v) is 6.97. The molecule has 0 saturated heterocycles. The molecular formula is C23H24ClNOS. The zero-order chi connectivity index (χ0) is 19.6. The Hall–Kier alpha value is -2.23. The largest absolute Gasteiger partial charge is 0.486 e. The quantitative estimate of drug-likeness (QED) is 0.489. The summed E-state index contributed by atoms with van der Waals surface area (Å²) in [5.74, 6) is 0. The van der Waals surface area contributed by atoms with Gasteiger partial charge in [0.2, 0.25) is 0 Å². The Morgan fingerprint density at radius 1 is 1.04 bits per heavy atom. The Kier molecular flexibility index (Phi) is 8.43. The molecule has 0 aliphatic rings. The van der Waals surface area contributed by atoms with E-state index in [2.05, 4.69) is 43.1 Å². The number of pyridine rings is 1. The van der Waals surface area contributed by atoms with Gasteiger partial charge in [0.25, 0.3) is 0 Å². The van der Waals surface area contributed by atoms with Crippen molar-refractivity contribution < 1.29 is 4.74 Å². The lowest BCUT2D eigenvalue weighted by Gasteiger charge is -2.08. The molecule has 0 radical (unpaired) electrons. The number of hydrogen-bond acceptors (Lipinski definition) is 3. The maximum Gasteiger partial charge on any atom is 0.192 e. The molecule has 2 aromatic carbocycles. The lowest BCUT2D eigenvalue weighted by molar-refractivity contribution is 0.415. The Bertz CT molecular complexity index is 881. The minimum atomic E-state index is 0.456. The van der Waals surface area contributed by atoms with Crippen molar-refractivity contribution in [2.24, 2.45) is 0 Å². The molecule has 0 spiro atoms. The third-order valence-electron chi connectivity index (χ3n) is 4.17. The number of thiocarbonyl (C=S) groups is 1. The van der Waals surface area contributed by atoms with E-state index in [1.54, 1.807) is 13.3 Å². The van der Waals surface area contributed by atoms with E-state index >= 15 is 0 Å². The second kappa shape index (κ2) is 10.8. The van der Waals surface area contributed by atoms with Crippen molar-refractivity contribution in [1.82, 2.24) is 4.98 Å². The first-order chi connectivity index (χ1) is 13.0. The van der Waals surface area contributed by atoms with Crippen LogP contribution in [0.4, 0.5) is 0 Å². The summed E-state index contributed by atoms with van der Waals surface area (Å²) in [7, 11) is 1.57. The van der Waals surface area contributed by atoms with E-state index in [9.17, 15) is 0 Å². The third kappa shape index (κ3) is 6.78. The number of aromatic nitrogens is 1. The molecule has 1 heterocycles. The number of hydrogen-bond donors (Lipinski definition) is 0. The molecule has 0 fully saturated rings. The first-order valence-corrected chi connectivity index (χ1v) is 9.63. The number of aryl methyl sites for hydroxylation is 2. The van der Waals surface area contributed by atoms with Crippen molar-refractivity contribution in [2.45, 2.75) is 26.7 Å². The maximum absolute atomic E-state index is 6.03. The highest BCUT2D eigenvalue weighted by atomic mass is 35.5. The molecule has 2 nitrogen and oxygen atoms in total. The lowest BCUT2D eigenvalue weighted by Crippen LogP contribution is -2.02. The van der Waals surface area contributed by atoms with E-state index in [0.717, 1.165) is 29.0 Å². The molecule has 4 heteroatoms. The normalized spacial score (nSPS) is 9.93. The number of halogens is 1. The average molecular weight is 398 g/mol. The topological polar surface area (TPSA) is 22.1 Å². The molecule has 27 heavy (non-hydrogen) atoms. The first-order valence-electron chi connectivity index (χ1n) is 8.84. The summed E-state index contributed by atoms with van der Waals surface area (Å²) >= 11 is 11.1. The zero-order valence-corrected chi connectivity index (χ0v) is 17.5. The molecule has 0 saturated carbocycles. The van der Waals surface area contributed by atoms with Gasteiger partial charge in [0.1, 0.15) is 0 Å². The Morgan fingerprint density at radius 2 is 1.78 bits per heavy atom. The van der Waals surface area contributed by atoms with E-state index in [1.807, 2.05) is 36.5 Å². The summed E-state index contributed by atoms with van der Waals surface area (Å²) in [6, 6.07) is 18.4. The van der Waals surface area contributed by atoms with E-state index in [0.29, 0.717) is 5.05 Å². The van der Waals surface area contributed by atoms with Crippen molar-refractivity contribution in [3.05, 3.63) is 99.8 Å². The van der Waals surface area contributed by atoms with Crippen LogP contribution in [0.5, 0.6) is 0 Å². The molecular weight excluding hydrogens is 374 g/mol. The highest BCUT2D eigenvalue weighted by Gasteiger charge is 2.05. The average Bonchev–Trinajstić information content (AvgIpc) is 2.71. The minimum absolute atomic E-state index is 0.456. The summed E-state index contributed by atoms with van der Waals surface area (Å²) < 4.78 is 5.05. The smallest absolute Gasteiger partial charge is 0.192 e. The van der Waals surface area contributed by atoms with Gasteiger partial charge in [-0.2, -0.15) is 0 Å². The van der Waals surface area contributed by atoms with Gasteiger partial charge in [0.15, 0.2) is 5.05 Å². The number of nitrogens with zero attached hydrogens (tertiary/aromatic N) is 1. The monoisotopic (exact) mass is 397 g/mol. The predicted molar refractivity (Wildman–Crippen MR) is 118 cm³/mol. The van der Waals surface area contributed by atoms with Crippen molar-refractivity contribution in [3.63, 3.8) is 0 Å². The van der Waals surface area contributed by atoms with Gasteiger partial charge in [0.05, 0.1) is 7.11 Å². The molecule has 0 amide bonds. The van der Waals surface area contributed by atoms with E-state index in [1.165, 1.54) is 16.7 Å². The maximum atomic E-state index is 6.03. The van der Waals surface area contributed by atoms with Gasteiger partial charge in [-0.15, -0.1) is 0 Å². The summed E-state index contributed by atoms with van der Waals surface area (Å²) in [6.45, 7) is 4.23. The van der Waals surface area contributed by atoms with Crippen LogP contribution >= 0.6 is 23.8 Å². The van der Waals surface area contributed by atoms with E-state index < -0.39 is 0 Å². The van der Waals surface area contributed by atoms with Gasteiger partial charge in [-0.1, -0.05) is 54.9 Å². The van der Waals surface area contributed by atoms with E-state index in [-0.39, 0.29) is 0 Å². The van der Waals surface area contributed by atoms with Crippen LogP contribution in [0.2, 0.25) is 5.02 Å². The van der Waals surface area contributed by atoms with Crippen molar-refractivity contribution in [3.8, 4) is 0 Å². The molecule has 0 atom stereocenters. The van der Waals surface area contributed by atoms with Crippen LogP contribution in [0.15, 0.2) is 67.0 Å². The SMILES string of the molecule is CCc1ccccc1.COC(=S)c1cncc(Cc2cc(Cl)ccc2C)c1. The fourth-order valence-corrected chi connectivity index (χ4v) is 2.88. The highest BCUT2D eigenvalue weighted by Crippen LogP contribution is 2.19. The predicted octanol–water partition coefficient (Wildman–Crippen LogP) is 6.21. The first kappa shape index (κ1) is 21.1. The molecule has 140 valence electrons. The Labute approximate surface area is 172 Å². The fraction of sp³-hybridized carbons (Fsp3) is 0.217. The summed E-state index contributed by atoms with van der Waals surface area (Å²) in [4.78, 5) is 4.20. The summed E-state index contributed by atoms with van der Waals surface area (Å²) in [5, 5.41) is 1.20. The fourth-order valence-electron chi connectivity index (χ4n) is 2.58. The van der Waals surface area contributed by atoms with Crippen molar-refractivity contribution in [1.29, 1.82) is 0 Å². The molecule has 0 aliphatic heterocycles. The highest BCUT2D eigenvalue weighted by molar-refractivity contribution is 7.80. The molecule has 3 rings (SSSR count). The molecule has 0 N–H and O–H groups in total. The third-order valence-corrected chi connectivity index (χ3v) is 4.81. The number of rotatable bonds is 4. The van der Waals surface area contributed by atoms with Gasteiger partial charge in [-0.25, -0.2) is 0 Å². The number of methoxy groups -OCH3 is 1. The van der Waals surface area contributed by atoms with Crippen LogP contribution in [0.3, 0.4) is 0 Å². The standard InChI is InChI=1S/C15H14ClNOS.C8H10/c1-10-3-4-14(16)7-12(10)5-11-6-13(9-17-8-11)15(19)18-2;1-2-8-6-4-3-5-7-8/h3-4,6-9H,5H2,1-2H3;3-7H,2H2,1H3. The second-order valence-electron chi connectivity index (χ2n) is 6.16. The van der Waals surface area contributed by atoms with E-state index in [4.69, 9.17) is 28.6 Å². The van der Waals surface area contributed by atoms with Gasteiger partial charge < -0.3 is 4.74 Å². The Balaban J connectivity index is 0.000000273. The van der Waals surface area contributed by atoms with Crippen LogP contribution in [-0.4, -0.2) is 17.1 Å². The molecule has 0 bridgehead atoms. The minimum Gasteiger partial charge on any atom is -0.486 e. The van der Waals surface area contributed by atoms with Crippen LogP contribution in [0, 0.1) is 6.92 Å². The van der Waals surface area contributed by atoms with Gasteiger partial charge in [-0.3, -0.25) is 4.98 Å². The van der Waals surface area contributed by atoms with Gasteiger partial charge in [-0.05, 0) is 72.4 Å². The van der Waals surface area contributed by atoms with Gasteiger partial charge >= 0.3 is 0 Å². The van der Waals surface area contributed by atoms with Crippen LogP contribution in [0.25, 0.3) is 0 Å². The van der Waals surface area contributed by atoms with Crippen LogP contribution < -0.4 is 0 Å². The lowest BCUT2D eigenvalue weighted by atomic mass is 10.0. The molecule has 3 aromatic rings. The summed E-state index contributed by atoms with van der Waals surface area (Å²) in [6.07, 6.45) is 5.46. The molecule has 0 unspecified atom stereocenters. The number of ether oxygens (including phenoxy) is 1. The number of benzene rings is 2. The van der Waals surface area contributed by atoms with Crippen LogP contribution in [-0.2, 0) is 17.6 Å². The van der Waals surface area contributed by atoms with Crippen LogP contribution in [0.1, 0.15) is 34.7 Å². The van der Waals surface area contributed by atoms with Gasteiger partial charge in [0, 0.05) is 23.0 Å². The molecule has 0 aliphatic carbocycles. The Morgan fingerprint density at radius 3 is 2.41 bits per heavy atom. The molecule has 1 aromatic heterocycles. The summed E-state index contributed by atoms with van der Waals surface area (Å²) in [5.41, 5.74) is 5.73. The zero-order valence-electron chi connectivity index (χ0n) is 15.9. The van der Waals surface area contributed by atoms with Crippen molar-refractivity contribution >= 4 is 28.9 Å².